The number of hydrogen-bond donors (Lipinski definition) is 0. The summed E-state index contributed by atoms with van der Waals surface area (Å²) in [6, 6.07) is 0. The van der Waals surface area contributed by atoms with E-state index in [0.717, 1.165) is 58.6 Å². The zero-order chi connectivity index (χ0) is 25.3. The predicted octanol–water partition coefficient (Wildman–Crippen LogP) is 6.48. The van der Waals surface area contributed by atoms with Crippen LogP contribution >= 0.6 is 0 Å². The molecule has 1 atom stereocenters. The number of unbranched alkanes of at least 4 members (excludes halogenated alkanes) is 9. The van der Waals surface area contributed by atoms with Crippen molar-refractivity contribution in [3.05, 3.63) is 0 Å². The van der Waals surface area contributed by atoms with Crippen LogP contribution in [0.3, 0.4) is 0 Å². The van der Waals surface area contributed by atoms with Crippen molar-refractivity contribution in [1.82, 2.24) is 9.80 Å². The van der Waals surface area contributed by atoms with Crippen LogP contribution in [0.4, 0.5) is 0 Å². The van der Waals surface area contributed by atoms with Crippen LogP contribution in [-0.2, 0) is 14.3 Å². The largest absolute Gasteiger partial charge is 0.375 e. The van der Waals surface area contributed by atoms with E-state index in [2.05, 4.69) is 37.6 Å². The number of rotatable bonds is 21. The maximum atomic E-state index is 12.8. The molecule has 0 radical (unpaired) electrons. The van der Waals surface area contributed by atoms with E-state index in [9.17, 15) is 4.79 Å². The molecule has 0 aromatic carbocycles. The van der Waals surface area contributed by atoms with Crippen LogP contribution in [0.1, 0.15) is 118 Å². The fraction of sp³-hybridized carbons (Fsp3) is 0.966. The van der Waals surface area contributed by atoms with E-state index >= 15 is 0 Å². The van der Waals surface area contributed by atoms with Gasteiger partial charge in [0.2, 0.25) is 0 Å². The van der Waals surface area contributed by atoms with Gasteiger partial charge in [0.1, 0.15) is 5.60 Å². The first-order valence-corrected chi connectivity index (χ1v) is 14.4. The van der Waals surface area contributed by atoms with Crippen LogP contribution in [0, 0.1) is 0 Å². The first-order chi connectivity index (χ1) is 16.2. The molecular formula is C29H58N2O3. The van der Waals surface area contributed by atoms with Crippen molar-refractivity contribution in [2.24, 2.45) is 0 Å². The fourth-order valence-corrected chi connectivity index (χ4v) is 4.49. The summed E-state index contributed by atoms with van der Waals surface area (Å²) in [5.74, 6) is 0.205. The van der Waals surface area contributed by atoms with Crippen molar-refractivity contribution in [2.45, 2.75) is 129 Å². The Bertz CT molecular complexity index is 518. The molecule has 0 spiro atoms. The van der Waals surface area contributed by atoms with Crippen molar-refractivity contribution < 1.29 is 14.3 Å². The van der Waals surface area contributed by atoms with Crippen LogP contribution < -0.4 is 0 Å². The van der Waals surface area contributed by atoms with Gasteiger partial charge in [0, 0.05) is 45.8 Å². The van der Waals surface area contributed by atoms with E-state index < -0.39 is 5.60 Å². The molecule has 1 rings (SSSR count). The SMILES string of the molecule is CCCCCCCCCCCCOC(C)(CC)CCOC(C)(C)C(=O)CCN1CCN(C)CC1. The molecule has 1 aliphatic heterocycles. The number of nitrogens with zero attached hydrogens (tertiary/aromatic N) is 2. The summed E-state index contributed by atoms with van der Waals surface area (Å²) < 4.78 is 12.4. The van der Waals surface area contributed by atoms with E-state index in [0.29, 0.717) is 13.0 Å². The number of hydrogen-bond acceptors (Lipinski definition) is 5. The summed E-state index contributed by atoms with van der Waals surface area (Å²) in [6.45, 7) is 17.0. The number of carbonyl (C=O) groups is 1. The second-order valence-corrected chi connectivity index (χ2v) is 11.3. The molecule has 0 amide bonds. The van der Waals surface area contributed by atoms with Crippen molar-refractivity contribution in [1.29, 1.82) is 0 Å². The van der Waals surface area contributed by atoms with Gasteiger partial charge >= 0.3 is 0 Å². The Balaban J connectivity index is 2.15. The molecule has 5 nitrogen and oxygen atoms in total. The minimum absolute atomic E-state index is 0.168. The van der Waals surface area contributed by atoms with Gasteiger partial charge in [-0.15, -0.1) is 0 Å². The summed E-state index contributed by atoms with van der Waals surface area (Å²) >= 11 is 0. The molecule has 1 aliphatic rings. The van der Waals surface area contributed by atoms with Gasteiger partial charge in [0.15, 0.2) is 5.78 Å². The van der Waals surface area contributed by atoms with Gasteiger partial charge in [-0.3, -0.25) is 4.79 Å². The number of likely N-dealkylation sites (N-methyl/N-ethyl adjacent to an activating group) is 1. The van der Waals surface area contributed by atoms with Gasteiger partial charge in [-0.2, -0.15) is 0 Å². The van der Waals surface area contributed by atoms with E-state index in [-0.39, 0.29) is 11.4 Å². The lowest BCUT2D eigenvalue weighted by molar-refractivity contribution is -0.144. The van der Waals surface area contributed by atoms with Crippen LogP contribution in [0.2, 0.25) is 0 Å². The number of Topliss-reactive ketones (excluding diaryl/α,β-unsaturated/α-hetero) is 1. The average molecular weight is 483 g/mol. The lowest BCUT2D eigenvalue weighted by Crippen LogP contribution is -2.46. The summed E-state index contributed by atoms with van der Waals surface area (Å²) in [5.41, 5.74) is -0.893. The first kappa shape index (κ1) is 31.5. The standard InChI is InChI=1S/C29H58N2O3/c1-7-9-10-11-12-13-14-15-16-17-25-34-29(5,8-2)19-26-33-28(3,4)27(32)18-20-31-23-21-30(6)22-24-31/h7-26H2,1-6H3. The highest BCUT2D eigenvalue weighted by molar-refractivity contribution is 5.86. The molecule has 202 valence electrons. The Morgan fingerprint density at radius 3 is 1.88 bits per heavy atom. The van der Waals surface area contributed by atoms with Gasteiger partial charge in [0.05, 0.1) is 12.2 Å². The van der Waals surface area contributed by atoms with Gasteiger partial charge in [-0.05, 0) is 47.1 Å². The van der Waals surface area contributed by atoms with E-state index in [1.807, 2.05) is 13.8 Å². The molecular weight excluding hydrogens is 424 g/mol. The van der Waals surface area contributed by atoms with Gasteiger partial charge in [0.25, 0.3) is 0 Å². The molecule has 0 aromatic heterocycles. The molecule has 0 saturated carbocycles. The Labute approximate surface area is 212 Å². The summed E-state index contributed by atoms with van der Waals surface area (Å²) in [5, 5.41) is 0. The fourth-order valence-electron chi connectivity index (χ4n) is 4.49. The number of ketones is 1. The molecule has 0 aliphatic carbocycles. The smallest absolute Gasteiger partial charge is 0.165 e. The Hall–Kier alpha value is -0.490. The highest BCUT2D eigenvalue weighted by atomic mass is 16.5. The highest BCUT2D eigenvalue weighted by Gasteiger charge is 2.30. The number of carbonyl (C=O) groups excluding carboxylic acids is 1. The minimum atomic E-state index is -0.724. The molecule has 0 bridgehead atoms. The third-order valence-corrected chi connectivity index (χ3v) is 7.71. The molecule has 1 saturated heterocycles. The zero-order valence-electron chi connectivity index (χ0n) is 23.8. The van der Waals surface area contributed by atoms with Crippen molar-refractivity contribution in [3.63, 3.8) is 0 Å². The second-order valence-electron chi connectivity index (χ2n) is 11.3. The highest BCUT2D eigenvalue weighted by Crippen LogP contribution is 2.23. The van der Waals surface area contributed by atoms with Crippen molar-refractivity contribution in [3.8, 4) is 0 Å². The molecule has 1 heterocycles. The number of piperazine rings is 1. The quantitative estimate of drug-likeness (QED) is 0.175. The maximum Gasteiger partial charge on any atom is 0.165 e. The van der Waals surface area contributed by atoms with Gasteiger partial charge in [-0.25, -0.2) is 0 Å². The van der Waals surface area contributed by atoms with Crippen LogP contribution in [0.15, 0.2) is 0 Å². The second kappa shape index (κ2) is 17.9. The van der Waals surface area contributed by atoms with E-state index in [1.165, 1.54) is 57.8 Å². The number of ether oxygens (including phenoxy) is 2. The molecule has 34 heavy (non-hydrogen) atoms. The van der Waals surface area contributed by atoms with Crippen LogP contribution in [-0.4, -0.2) is 79.8 Å². The molecule has 1 unspecified atom stereocenters. The molecule has 0 N–H and O–H groups in total. The Morgan fingerprint density at radius 2 is 1.32 bits per heavy atom. The van der Waals surface area contributed by atoms with Gasteiger partial charge < -0.3 is 19.3 Å². The lowest BCUT2D eigenvalue weighted by atomic mass is 9.97. The van der Waals surface area contributed by atoms with Crippen molar-refractivity contribution in [2.75, 3.05) is 53.0 Å². The lowest BCUT2D eigenvalue weighted by Gasteiger charge is -2.33. The monoisotopic (exact) mass is 482 g/mol. The average Bonchev–Trinajstić information content (AvgIpc) is 2.81. The van der Waals surface area contributed by atoms with E-state index in [4.69, 9.17) is 9.47 Å². The molecule has 1 fully saturated rings. The van der Waals surface area contributed by atoms with E-state index in [1.54, 1.807) is 0 Å². The van der Waals surface area contributed by atoms with Gasteiger partial charge in [-0.1, -0.05) is 71.6 Å². The topological polar surface area (TPSA) is 42.0 Å². The minimum Gasteiger partial charge on any atom is -0.375 e. The molecule has 5 heteroatoms. The zero-order valence-corrected chi connectivity index (χ0v) is 23.8. The normalized spacial score (nSPS) is 17.7. The third-order valence-electron chi connectivity index (χ3n) is 7.71. The Kier molecular flexibility index (Phi) is 16.6. The Morgan fingerprint density at radius 1 is 0.765 bits per heavy atom. The predicted molar refractivity (Wildman–Crippen MR) is 145 cm³/mol. The van der Waals surface area contributed by atoms with Crippen molar-refractivity contribution >= 4 is 5.78 Å². The maximum absolute atomic E-state index is 12.8. The first-order valence-electron chi connectivity index (χ1n) is 14.4. The summed E-state index contributed by atoms with van der Waals surface area (Å²) in [7, 11) is 2.16. The van der Waals surface area contributed by atoms with Crippen LogP contribution in [0.5, 0.6) is 0 Å². The third kappa shape index (κ3) is 14.2. The van der Waals surface area contributed by atoms with Crippen LogP contribution in [0.25, 0.3) is 0 Å². The molecule has 0 aromatic rings. The summed E-state index contributed by atoms with van der Waals surface area (Å²) in [4.78, 5) is 17.5. The summed E-state index contributed by atoms with van der Waals surface area (Å²) in [6.07, 6.45) is 15.8.